The molecule has 1 amide bonds. The Labute approximate surface area is 106 Å². The molecule has 0 spiro atoms. The molecule has 0 saturated heterocycles. The van der Waals surface area contributed by atoms with Crippen molar-refractivity contribution in [2.45, 2.75) is 20.0 Å². The van der Waals surface area contributed by atoms with Gasteiger partial charge in [-0.2, -0.15) is 0 Å². The van der Waals surface area contributed by atoms with E-state index >= 15 is 0 Å². The molecule has 4 nitrogen and oxygen atoms in total. The molecule has 0 fully saturated rings. The summed E-state index contributed by atoms with van der Waals surface area (Å²) in [4.78, 5) is 11.6. The third kappa shape index (κ3) is 4.33. The van der Waals surface area contributed by atoms with Crippen molar-refractivity contribution in [3.8, 4) is 5.75 Å². The highest BCUT2D eigenvalue weighted by molar-refractivity contribution is 5.80. The number of hydrogen-bond donors (Lipinski definition) is 1. The fraction of sp³-hybridized carbons (Fsp3) is 0.462. The molecule has 100 valence electrons. The second-order valence-electron chi connectivity index (χ2n) is 3.98. The van der Waals surface area contributed by atoms with Gasteiger partial charge in [0, 0.05) is 13.7 Å². The van der Waals surface area contributed by atoms with E-state index in [1.807, 2.05) is 6.92 Å². The first-order valence-electron chi connectivity index (χ1n) is 5.74. The van der Waals surface area contributed by atoms with Crippen LogP contribution < -0.4 is 10.1 Å². The maximum Gasteiger partial charge on any atom is 0.260 e. The normalized spacial score (nSPS) is 12.0. The largest absolute Gasteiger partial charge is 0.478 e. The maximum absolute atomic E-state index is 13.4. The van der Waals surface area contributed by atoms with Crippen molar-refractivity contribution in [2.75, 3.05) is 20.3 Å². The SMILES string of the molecule is COCCNC(=O)C(C)Oc1cc(C)ccc1F. The van der Waals surface area contributed by atoms with Gasteiger partial charge in [0.25, 0.3) is 5.91 Å². The van der Waals surface area contributed by atoms with Crippen molar-refractivity contribution in [3.63, 3.8) is 0 Å². The summed E-state index contributed by atoms with van der Waals surface area (Å²) in [5.74, 6) is -0.686. The predicted molar refractivity (Wildman–Crippen MR) is 66.1 cm³/mol. The molecule has 18 heavy (non-hydrogen) atoms. The van der Waals surface area contributed by atoms with Crippen LogP contribution in [0.3, 0.4) is 0 Å². The molecule has 0 saturated carbocycles. The molecule has 5 heteroatoms. The van der Waals surface area contributed by atoms with E-state index in [2.05, 4.69) is 5.32 Å². The van der Waals surface area contributed by atoms with E-state index in [-0.39, 0.29) is 11.7 Å². The van der Waals surface area contributed by atoms with Crippen molar-refractivity contribution >= 4 is 5.91 Å². The summed E-state index contributed by atoms with van der Waals surface area (Å²) in [5.41, 5.74) is 0.874. The second-order valence-corrected chi connectivity index (χ2v) is 3.98. The van der Waals surface area contributed by atoms with Crippen molar-refractivity contribution in [3.05, 3.63) is 29.6 Å². The molecule has 1 N–H and O–H groups in total. The van der Waals surface area contributed by atoms with Gasteiger partial charge in [-0.05, 0) is 31.5 Å². The van der Waals surface area contributed by atoms with Gasteiger partial charge in [-0.15, -0.1) is 0 Å². The zero-order valence-corrected chi connectivity index (χ0v) is 10.8. The Morgan fingerprint density at radius 1 is 1.50 bits per heavy atom. The van der Waals surface area contributed by atoms with Gasteiger partial charge in [0.15, 0.2) is 17.7 Å². The highest BCUT2D eigenvalue weighted by Gasteiger charge is 2.16. The molecule has 1 aromatic rings. The number of nitrogens with one attached hydrogen (secondary N) is 1. The summed E-state index contributed by atoms with van der Waals surface area (Å²) < 4.78 is 23.5. The minimum atomic E-state index is -0.752. The first-order valence-corrected chi connectivity index (χ1v) is 5.74. The van der Waals surface area contributed by atoms with E-state index in [1.54, 1.807) is 26.2 Å². The van der Waals surface area contributed by atoms with Gasteiger partial charge in [0.1, 0.15) is 0 Å². The summed E-state index contributed by atoms with van der Waals surface area (Å²) in [5, 5.41) is 2.63. The standard InChI is InChI=1S/C13H18FNO3/c1-9-4-5-11(14)12(8-9)18-10(2)13(16)15-6-7-17-3/h4-5,8,10H,6-7H2,1-3H3,(H,15,16). The summed E-state index contributed by atoms with van der Waals surface area (Å²) in [7, 11) is 1.55. The van der Waals surface area contributed by atoms with Gasteiger partial charge in [-0.3, -0.25) is 4.79 Å². The smallest absolute Gasteiger partial charge is 0.260 e. The van der Waals surface area contributed by atoms with Gasteiger partial charge in [-0.25, -0.2) is 4.39 Å². The van der Waals surface area contributed by atoms with Crippen LogP contribution in [0.4, 0.5) is 4.39 Å². The molecular formula is C13H18FNO3. The van der Waals surface area contributed by atoms with Gasteiger partial charge in [-0.1, -0.05) is 6.07 Å². The lowest BCUT2D eigenvalue weighted by atomic mass is 10.2. The van der Waals surface area contributed by atoms with Crippen LogP contribution in [0.2, 0.25) is 0 Å². The van der Waals surface area contributed by atoms with Gasteiger partial charge in [0.05, 0.1) is 6.61 Å². The van der Waals surface area contributed by atoms with E-state index in [4.69, 9.17) is 9.47 Å². The molecule has 0 heterocycles. The van der Waals surface area contributed by atoms with E-state index in [9.17, 15) is 9.18 Å². The third-order valence-electron chi connectivity index (χ3n) is 2.37. The Morgan fingerprint density at radius 2 is 2.22 bits per heavy atom. The summed E-state index contributed by atoms with van der Waals surface area (Å²) in [6.45, 7) is 4.23. The van der Waals surface area contributed by atoms with E-state index in [1.165, 1.54) is 6.07 Å². The van der Waals surface area contributed by atoms with Crippen molar-refractivity contribution in [1.29, 1.82) is 0 Å². The van der Waals surface area contributed by atoms with Crippen LogP contribution in [0.5, 0.6) is 5.75 Å². The van der Waals surface area contributed by atoms with Crippen LogP contribution in [-0.4, -0.2) is 32.3 Å². The predicted octanol–water partition coefficient (Wildman–Crippen LogP) is 1.66. The number of halogens is 1. The number of carbonyl (C=O) groups is 1. The van der Waals surface area contributed by atoms with Crippen molar-refractivity contribution in [1.82, 2.24) is 5.32 Å². The fourth-order valence-corrected chi connectivity index (χ4v) is 1.36. The summed E-state index contributed by atoms with van der Waals surface area (Å²) in [6.07, 6.45) is -0.752. The molecule has 1 aromatic carbocycles. The minimum absolute atomic E-state index is 0.0874. The Kier molecular flexibility index (Phi) is 5.58. The van der Waals surface area contributed by atoms with Crippen LogP contribution in [0, 0.1) is 12.7 Å². The molecule has 0 aromatic heterocycles. The average molecular weight is 255 g/mol. The number of aryl methyl sites for hydroxylation is 1. The van der Waals surface area contributed by atoms with Crippen LogP contribution >= 0.6 is 0 Å². The minimum Gasteiger partial charge on any atom is -0.478 e. The third-order valence-corrected chi connectivity index (χ3v) is 2.37. The number of methoxy groups -OCH3 is 1. The lowest BCUT2D eigenvalue weighted by molar-refractivity contribution is -0.127. The van der Waals surface area contributed by atoms with Crippen LogP contribution in [0.25, 0.3) is 0 Å². The Morgan fingerprint density at radius 3 is 2.89 bits per heavy atom. The quantitative estimate of drug-likeness (QED) is 0.786. The van der Waals surface area contributed by atoms with Gasteiger partial charge >= 0.3 is 0 Å². The van der Waals surface area contributed by atoms with Crippen LogP contribution in [0.1, 0.15) is 12.5 Å². The lowest BCUT2D eigenvalue weighted by Crippen LogP contribution is -2.38. The molecule has 0 bridgehead atoms. The fourth-order valence-electron chi connectivity index (χ4n) is 1.36. The second kappa shape index (κ2) is 6.96. The number of rotatable bonds is 6. The number of ether oxygens (including phenoxy) is 2. The number of amides is 1. The molecule has 1 unspecified atom stereocenters. The van der Waals surface area contributed by atoms with E-state index in [0.29, 0.717) is 13.2 Å². The first-order chi connectivity index (χ1) is 8.54. The molecule has 0 radical (unpaired) electrons. The maximum atomic E-state index is 13.4. The Bertz CT molecular complexity index is 409. The summed E-state index contributed by atoms with van der Waals surface area (Å²) in [6, 6.07) is 4.53. The van der Waals surface area contributed by atoms with E-state index in [0.717, 1.165) is 5.56 Å². The molecule has 0 aliphatic rings. The van der Waals surface area contributed by atoms with E-state index < -0.39 is 11.9 Å². The molecule has 0 aliphatic heterocycles. The van der Waals surface area contributed by atoms with Crippen LogP contribution in [0.15, 0.2) is 18.2 Å². The molecule has 0 aliphatic carbocycles. The topological polar surface area (TPSA) is 47.6 Å². The monoisotopic (exact) mass is 255 g/mol. The Balaban J connectivity index is 2.55. The van der Waals surface area contributed by atoms with Crippen LogP contribution in [-0.2, 0) is 9.53 Å². The van der Waals surface area contributed by atoms with Gasteiger partial charge in [0.2, 0.25) is 0 Å². The average Bonchev–Trinajstić information content (AvgIpc) is 2.34. The van der Waals surface area contributed by atoms with Crippen molar-refractivity contribution < 1.29 is 18.7 Å². The summed E-state index contributed by atoms with van der Waals surface area (Å²) >= 11 is 0. The van der Waals surface area contributed by atoms with Crippen molar-refractivity contribution in [2.24, 2.45) is 0 Å². The number of carbonyl (C=O) groups excluding carboxylic acids is 1. The Hall–Kier alpha value is -1.62. The highest BCUT2D eigenvalue weighted by atomic mass is 19.1. The molecule has 1 atom stereocenters. The zero-order valence-electron chi connectivity index (χ0n) is 10.8. The molecular weight excluding hydrogens is 237 g/mol. The lowest BCUT2D eigenvalue weighted by Gasteiger charge is -2.15. The first kappa shape index (κ1) is 14.4. The number of benzene rings is 1. The molecule has 1 rings (SSSR count). The zero-order chi connectivity index (χ0) is 13.5. The van der Waals surface area contributed by atoms with Gasteiger partial charge < -0.3 is 14.8 Å². The number of hydrogen-bond acceptors (Lipinski definition) is 3. The highest BCUT2D eigenvalue weighted by Crippen LogP contribution is 2.19.